The molecule has 0 bridgehead atoms. The monoisotopic (exact) mass is 264 g/mol. The third kappa shape index (κ3) is 7.89. The van der Waals surface area contributed by atoms with Crippen LogP contribution in [-0.4, -0.2) is 41.9 Å². The second-order valence-corrected chi connectivity index (χ2v) is 5.12. The van der Waals surface area contributed by atoms with Crippen molar-refractivity contribution < 1.29 is 18.6 Å². The van der Waals surface area contributed by atoms with E-state index in [-0.39, 0.29) is 12.2 Å². The first kappa shape index (κ1) is 17.1. The molecule has 0 N–H and O–H groups in total. The van der Waals surface area contributed by atoms with Gasteiger partial charge in [-0.1, -0.05) is 0 Å². The van der Waals surface area contributed by atoms with Crippen LogP contribution in [0.1, 0.15) is 47.5 Å². The minimum atomic E-state index is -0.919. The molecule has 4 nitrogen and oxygen atoms in total. The maximum absolute atomic E-state index is 5.85. The van der Waals surface area contributed by atoms with E-state index in [1.54, 1.807) is 0 Å². The van der Waals surface area contributed by atoms with Crippen LogP contribution in [0.4, 0.5) is 0 Å². The van der Waals surface area contributed by atoms with Gasteiger partial charge in [0.1, 0.15) is 10.5 Å². The molecule has 0 spiro atoms. The summed E-state index contributed by atoms with van der Waals surface area (Å²) < 4.78 is 22.6. The fourth-order valence-corrected chi connectivity index (χ4v) is 1.95. The molecule has 0 aliphatic carbocycles. The van der Waals surface area contributed by atoms with Crippen molar-refractivity contribution in [1.29, 1.82) is 0 Å². The van der Waals surface area contributed by atoms with Crippen LogP contribution in [0, 0.1) is 0 Å². The molecule has 17 heavy (non-hydrogen) atoms. The molecule has 0 fully saturated rings. The van der Waals surface area contributed by atoms with Crippen molar-refractivity contribution in [3.05, 3.63) is 0 Å². The van der Waals surface area contributed by atoms with Crippen LogP contribution in [0.15, 0.2) is 0 Å². The van der Waals surface area contributed by atoms with Crippen LogP contribution in [0.25, 0.3) is 0 Å². The minimum Gasteiger partial charge on any atom is -0.428 e. The number of hydrogen-bond acceptors (Lipinski definition) is 4. The van der Waals surface area contributed by atoms with E-state index in [0.29, 0.717) is 13.0 Å². The summed E-state index contributed by atoms with van der Waals surface area (Å²) in [7, 11) is 0.767. The first-order chi connectivity index (χ1) is 7.95. The highest BCUT2D eigenvalue weighted by Gasteiger charge is 2.35. The van der Waals surface area contributed by atoms with Gasteiger partial charge in [-0.3, -0.25) is 0 Å². The van der Waals surface area contributed by atoms with E-state index >= 15 is 0 Å². The fraction of sp³-hybridized carbons (Fsp3) is 1.00. The summed E-state index contributed by atoms with van der Waals surface area (Å²) in [5.41, 5.74) is 0. The lowest BCUT2D eigenvalue weighted by Crippen LogP contribution is -2.43. The van der Waals surface area contributed by atoms with Crippen molar-refractivity contribution in [2.45, 2.75) is 65.6 Å². The van der Waals surface area contributed by atoms with Crippen molar-refractivity contribution in [1.82, 2.24) is 0 Å². The SMILES string of the molecule is CCOC(CCCO[SiH3])(OC(C)C)OC(C)C. The summed E-state index contributed by atoms with van der Waals surface area (Å²) in [6.07, 6.45) is 1.71. The van der Waals surface area contributed by atoms with E-state index in [1.165, 1.54) is 0 Å². The number of hydrogen-bond donors (Lipinski definition) is 0. The molecule has 0 unspecified atom stereocenters. The Hall–Kier alpha value is 0.0569. The van der Waals surface area contributed by atoms with Crippen LogP contribution in [0.5, 0.6) is 0 Å². The highest BCUT2D eigenvalue weighted by molar-refractivity contribution is 5.97. The molecular weight excluding hydrogens is 236 g/mol. The molecule has 0 aliphatic heterocycles. The lowest BCUT2D eigenvalue weighted by Gasteiger charge is -2.36. The molecule has 5 heteroatoms. The molecule has 0 amide bonds. The van der Waals surface area contributed by atoms with E-state index in [9.17, 15) is 0 Å². The van der Waals surface area contributed by atoms with E-state index in [4.69, 9.17) is 18.6 Å². The Kier molecular flexibility index (Phi) is 9.08. The second kappa shape index (κ2) is 9.05. The first-order valence-electron chi connectivity index (χ1n) is 6.44. The zero-order valence-corrected chi connectivity index (χ0v) is 14.1. The van der Waals surface area contributed by atoms with Crippen molar-refractivity contribution >= 4 is 10.5 Å². The Morgan fingerprint density at radius 1 is 1.06 bits per heavy atom. The lowest BCUT2D eigenvalue weighted by atomic mass is 10.2. The number of ether oxygens (including phenoxy) is 3. The van der Waals surface area contributed by atoms with Crippen molar-refractivity contribution in [3.8, 4) is 0 Å². The van der Waals surface area contributed by atoms with Gasteiger partial charge in [-0.05, 0) is 41.0 Å². The largest absolute Gasteiger partial charge is 0.428 e. The molecular formula is C12H28O4Si. The molecule has 0 saturated carbocycles. The summed E-state index contributed by atoms with van der Waals surface area (Å²) in [5.74, 6) is -0.919. The van der Waals surface area contributed by atoms with Gasteiger partial charge >= 0.3 is 0 Å². The van der Waals surface area contributed by atoms with Gasteiger partial charge in [0.2, 0.25) is 0 Å². The fourth-order valence-electron chi connectivity index (χ4n) is 1.66. The smallest absolute Gasteiger partial charge is 0.283 e. The molecule has 0 rings (SSSR count). The van der Waals surface area contributed by atoms with E-state index in [2.05, 4.69) is 0 Å². The molecule has 104 valence electrons. The molecule has 0 aliphatic rings. The topological polar surface area (TPSA) is 36.9 Å². The Morgan fingerprint density at radius 3 is 1.94 bits per heavy atom. The van der Waals surface area contributed by atoms with E-state index < -0.39 is 5.97 Å². The minimum absolute atomic E-state index is 0.0669. The maximum Gasteiger partial charge on any atom is 0.283 e. The normalized spacial score (nSPS) is 12.9. The van der Waals surface area contributed by atoms with Crippen molar-refractivity contribution in [3.63, 3.8) is 0 Å². The summed E-state index contributed by atoms with van der Waals surface area (Å²) in [4.78, 5) is 0. The maximum atomic E-state index is 5.85. The first-order valence-corrected chi connectivity index (χ1v) is 7.26. The van der Waals surface area contributed by atoms with Gasteiger partial charge in [0, 0.05) is 19.6 Å². The predicted octanol–water partition coefficient (Wildman–Crippen LogP) is 1.60. The van der Waals surface area contributed by atoms with E-state index in [0.717, 1.165) is 23.5 Å². The predicted molar refractivity (Wildman–Crippen MR) is 71.9 cm³/mol. The van der Waals surface area contributed by atoms with E-state index in [1.807, 2.05) is 34.6 Å². The zero-order valence-electron chi connectivity index (χ0n) is 12.1. The van der Waals surface area contributed by atoms with Crippen LogP contribution in [-0.2, 0) is 18.6 Å². The Bertz CT molecular complexity index is 175. The highest BCUT2D eigenvalue weighted by Crippen LogP contribution is 2.25. The third-order valence-electron chi connectivity index (χ3n) is 2.03. The Morgan fingerprint density at radius 2 is 1.59 bits per heavy atom. The van der Waals surface area contributed by atoms with Gasteiger partial charge < -0.3 is 18.6 Å². The molecule has 0 radical (unpaired) electrons. The van der Waals surface area contributed by atoms with Crippen LogP contribution in [0.3, 0.4) is 0 Å². The highest BCUT2D eigenvalue weighted by atomic mass is 28.2. The summed E-state index contributed by atoms with van der Waals surface area (Å²) in [6.45, 7) is 11.2. The van der Waals surface area contributed by atoms with Gasteiger partial charge in [-0.15, -0.1) is 0 Å². The van der Waals surface area contributed by atoms with Crippen LogP contribution in [0.2, 0.25) is 0 Å². The van der Waals surface area contributed by atoms with Crippen molar-refractivity contribution in [2.75, 3.05) is 13.2 Å². The number of rotatable bonds is 10. The average molecular weight is 264 g/mol. The van der Waals surface area contributed by atoms with Crippen molar-refractivity contribution in [2.24, 2.45) is 0 Å². The molecule has 0 saturated heterocycles. The van der Waals surface area contributed by atoms with Gasteiger partial charge in [0.15, 0.2) is 0 Å². The standard InChI is InChI=1S/C12H28O4Si/c1-6-13-12(15-10(2)3,16-11(4)5)8-7-9-14-17/h10-11H,6-9H2,1-5,17H3. The van der Waals surface area contributed by atoms with Gasteiger partial charge in [-0.2, -0.15) is 0 Å². The third-order valence-corrected chi connectivity index (χ3v) is 2.43. The average Bonchev–Trinajstić information content (AvgIpc) is 2.16. The zero-order chi connectivity index (χ0) is 13.3. The quantitative estimate of drug-likeness (QED) is 0.341. The molecule has 0 heterocycles. The molecule has 0 aromatic heterocycles. The van der Waals surface area contributed by atoms with Gasteiger partial charge in [-0.25, -0.2) is 0 Å². The van der Waals surface area contributed by atoms with Gasteiger partial charge in [0.05, 0.1) is 12.2 Å². The Labute approximate surface area is 109 Å². The summed E-state index contributed by atoms with van der Waals surface area (Å²) in [6, 6.07) is 0. The molecule has 0 aromatic carbocycles. The van der Waals surface area contributed by atoms with Gasteiger partial charge in [0.25, 0.3) is 5.97 Å². The van der Waals surface area contributed by atoms with Crippen LogP contribution >= 0.6 is 0 Å². The second-order valence-electron chi connectivity index (χ2n) is 4.55. The Balaban J connectivity index is 4.55. The summed E-state index contributed by atoms with van der Waals surface area (Å²) >= 11 is 0. The lowest BCUT2D eigenvalue weighted by molar-refractivity contribution is -0.402. The molecule has 0 atom stereocenters. The van der Waals surface area contributed by atoms with Crippen LogP contribution < -0.4 is 0 Å². The molecule has 0 aromatic rings. The summed E-state index contributed by atoms with van der Waals surface area (Å²) in [5, 5.41) is 0.